The van der Waals surface area contributed by atoms with Crippen molar-refractivity contribution in [1.82, 2.24) is 10.6 Å². The average molecular weight is 577 g/mol. The van der Waals surface area contributed by atoms with Gasteiger partial charge in [-0.1, -0.05) is 11.6 Å². The SMILES string of the molecule is CCOc1cc(C=C2C(=O)NC(=O)NC2=O)cc(I)c1OS(=O)(=O)c1ccc(Cl)cc1. The van der Waals surface area contributed by atoms with Crippen molar-refractivity contribution in [3.05, 3.63) is 56.1 Å². The number of rotatable bonds is 6. The van der Waals surface area contributed by atoms with Crippen LogP contribution in [0.5, 0.6) is 11.5 Å². The largest absolute Gasteiger partial charge is 0.490 e. The van der Waals surface area contributed by atoms with E-state index in [1.807, 2.05) is 33.2 Å². The molecule has 3 rings (SSSR count). The molecule has 12 heteroatoms. The van der Waals surface area contributed by atoms with Crippen LogP contribution in [0.2, 0.25) is 5.02 Å². The minimum Gasteiger partial charge on any atom is -0.490 e. The highest BCUT2D eigenvalue weighted by atomic mass is 127. The first-order valence-electron chi connectivity index (χ1n) is 8.65. The molecule has 0 unspecified atom stereocenters. The minimum atomic E-state index is -4.18. The number of hydrogen-bond acceptors (Lipinski definition) is 7. The summed E-state index contributed by atoms with van der Waals surface area (Å²) in [6.07, 6.45) is 1.25. The first-order valence-corrected chi connectivity index (χ1v) is 11.5. The number of halogens is 2. The minimum absolute atomic E-state index is 0.0488. The summed E-state index contributed by atoms with van der Waals surface area (Å²) in [4.78, 5) is 35.0. The Morgan fingerprint density at radius 3 is 2.26 bits per heavy atom. The van der Waals surface area contributed by atoms with Crippen LogP contribution in [-0.2, 0) is 19.7 Å². The zero-order valence-corrected chi connectivity index (χ0v) is 19.5. The molecule has 162 valence electrons. The molecule has 0 bridgehead atoms. The number of hydrogen-bond donors (Lipinski definition) is 2. The number of barbiturate groups is 1. The number of ether oxygens (including phenoxy) is 1. The number of benzene rings is 2. The quantitative estimate of drug-likeness (QED) is 0.234. The summed E-state index contributed by atoms with van der Waals surface area (Å²) in [5.74, 6) is -1.67. The summed E-state index contributed by atoms with van der Waals surface area (Å²) in [5, 5.41) is 4.32. The first kappa shape index (κ1) is 23.0. The van der Waals surface area contributed by atoms with E-state index in [0.29, 0.717) is 14.2 Å². The van der Waals surface area contributed by atoms with E-state index < -0.39 is 28.0 Å². The van der Waals surface area contributed by atoms with Crippen molar-refractivity contribution in [1.29, 1.82) is 0 Å². The van der Waals surface area contributed by atoms with Gasteiger partial charge in [-0.2, -0.15) is 8.42 Å². The summed E-state index contributed by atoms with van der Waals surface area (Å²) in [6.45, 7) is 1.89. The summed E-state index contributed by atoms with van der Waals surface area (Å²) in [6, 6.07) is 7.48. The van der Waals surface area contributed by atoms with Gasteiger partial charge < -0.3 is 8.92 Å². The molecule has 1 fully saturated rings. The van der Waals surface area contributed by atoms with Crippen LogP contribution in [0.1, 0.15) is 12.5 Å². The second-order valence-corrected chi connectivity index (χ2v) is 9.19. The van der Waals surface area contributed by atoms with Gasteiger partial charge in [0, 0.05) is 5.02 Å². The molecule has 0 saturated carbocycles. The lowest BCUT2D eigenvalue weighted by Gasteiger charge is -2.16. The molecule has 9 nitrogen and oxygen atoms in total. The smallest absolute Gasteiger partial charge is 0.339 e. The van der Waals surface area contributed by atoms with Gasteiger partial charge in [0.05, 0.1) is 10.2 Å². The predicted octanol–water partition coefficient (Wildman–Crippen LogP) is 2.86. The molecule has 2 N–H and O–H groups in total. The maximum absolute atomic E-state index is 12.7. The van der Waals surface area contributed by atoms with E-state index in [9.17, 15) is 22.8 Å². The van der Waals surface area contributed by atoms with E-state index in [2.05, 4.69) is 0 Å². The Kier molecular flexibility index (Phi) is 6.86. The van der Waals surface area contributed by atoms with Gasteiger partial charge in [0.15, 0.2) is 11.5 Å². The molecular weight excluding hydrogens is 563 g/mol. The van der Waals surface area contributed by atoms with Crippen LogP contribution in [0, 0.1) is 3.57 Å². The van der Waals surface area contributed by atoms with Gasteiger partial charge in [-0.3, -0.25) is 20.2 Å². The van der Waals surface area contributed by atoms with Gasteiger partial charge in [0.2, 0.25) is 0 Å². The van der Waals surface area contributed by atoms with Crippen LogP contribution in [0.4, 0.5) is 4.79 Å². The maximum atomic E-state index is 12.7. The summed E-state index contributed by atoms with van der Waals surface area (Å²) in [7, 11) is -4.18. The second-order valence-electron chi connectivity index (χ2n) is 6.05. The van der Waals surface area contributed by atoms with Crippen molar-refractivity contribution in [2.24, 2.45) is 0 Å². The predicted molar refractivity (Wildman–Crippen MR) is 119 cm³/mol. The van der Waals surface area contributed by atoms with E-state index >= 15 is 0 Å². The molecule has 0 atom stereocenters. The van der Waals surface area contributed by atoms with Gasteiger partial charge in [0.1, 0.15) is 10.5 Å². The van der Waals surface area contributed by atoms with Gasteiger partial charge in [-0.05, 0) is 77.6 Å². The Labute approximate surface area is 196 Å². The maximum Gasteiger partial charge on any atom is 0.339 e. The lowest BCUT2D eigenvalue weighted by Crippen LogP contribution is -2.51. The first-order chi connectivity index (χ1) is 14.6. The third-order valence-electron chi connectivity index (χ3n) is 3.88. The number of carbonyl (C=O) groups is 3. The molecule has 2 aromatic rings. The summed E-state index contributed by atoms with van der Waals surface area (Å²) in [5.41, 5.74) is 0.0686. The van der Waals surface area contributed by atoms with Gasteiger partial charge in [-0.15, -0.1) is 0 Å². The fourth-order valence-corrected chi connectivity index (χ4v) is 4.52. The monoisotopic (exact) mass is 576 g/mol. The standard InChI is InChI=1S/C19H14ClIN2O7S/c1-2-29-15-9-10(7-13-17(24)22-19(26)23-18(13)25)8-14(21)16(15)30-31(27,28)12-5-3-11(20)4-6-12/h3-9H,2H2,1H3,(H2,22,23,24,25,26). The average Bonchev–Trinajstić information content (AvgIpc) is 2.68. The molecule has 1 aliphatic rings. The van der Waals surface area contributed by atoms with E-state index in [1.165, 1.54) is 42.5 Å². The molecule has 31 heavy (non-hydrogen) atoms. The molecule has 0 aromatic heterocycles. The molecule has 0 spiro atoms. The molecule has 4 amide bonds. The Hall–Kier alpha value is -2.64. The lowest BCUT2D eigenvalue weighted by atomic mass is 10.1. The molecule has 1 saturated heterocycles. The Bertz CT molecular complexity index is 1190. The Morgan fingerprint density at radius 2 is 1.68 bits per heavy atom. The van der Waals surface area contributed by atoms with E-state index in [1.54, 1.807) is 6.92 Å². The molecule has 0 radical (unpaired) electrons. The number of urea groups is 1. The normalized spacial score (nSPS) is 14.0. The van der Waals surface area contributed by atoms with E-state index in [4.69, 9.17) is 20.5 Å². The van der Waals surface area contributed by atoms with Crippen molar-refractivity contribution >= 4 is 68.2 Å². The van der Waals surface area contributed by atoms with Crippen molar-refractivity contribution in [3.63, 3.8) is 0 Å². The number of amides is 4. The van der Waals surface area contributed by atoms with Crippen LogP contribution >= 0.6 is 34.2 Å². The van der Waals surface area contributed by atoms with Crippen LogP contribution in [-0.4, -0.2) is 32.9 Å². The summed E-state index contributed by atoms with van der Waals surface area (Å²) >= 11 is 7.65. The third kappa shape index (κ3) is 5.35. The lowest BCUT2D eigenvalue weighted by molar-refractivity contribution is -0.123. The van der Waals surface area contributed by atoms with E-state index in [-0.39, 0.29) is 28.6 Å². The molecule has 1 aliphatic heterocycles. The second kappa shape index (κ2) is 9.24. The fraction of sp³-hybridized carbons (Fsp3) is 0.105. The highest BCUT2D eigenvalue weighted by Gasteiger charge is 2.28. The molecule has 1 heterocycles. The van der Waals surface area contributed by atoms with E-state index in [0.717, 1.165) is 0 Å². The van der Waals surface area contributed by atoms with Crippen molar-refractivity contribution in [2.45, 2.75) is 11.8 Å². The molecule has 0 aliphatic carbocycles. The van der Waals surface area contributed by atoms with Gasteiger partial charge >= 0.3 is 16.1 Å². The number of nitrogens with one attached hydrogen (secondary N) is 2. The van der Waals surface area contributed by atoms with Crippen LogP contribution in [0.15, 0.2) is 46.9 Å². The number of imide groups is 2. The fourth-order valence-electron chi connectivity index (χ4n) is 2.55. The topological polar surface area (TPSA) is 128 Å². The van der Waals surface area contributed by atoms with Crippen molar-refractivity contribution < 1.29 is 31.7 Å². The number of carbonyl (C=O) groups excluding carboxylic acids is 3. The van der Waals surface area contributed by atoms with Gasteiger partial charge in [0.25, 0.3) is 11.8 Å². The highest BCUT2D eigenvalue weighted by molar-refractivity contribution is 14.1. The molecule has 2 aromatic carbocycles. The van der Waals surface area contributed by atoms with Crippen LogP contribution in [0.25, 0.3) is 6.08 Å². The van der Waals surface area contributed by atoms with Crippen LogP contribution in [0.3, 0.4) is 0 Å². The molecular formula is C19H14ClIN2O7S. The third-order valence-corrected chi connectivity index (χ3v) is 6.17. The van der Waals surface area contributed by atoms with Gasteiger partial charge in [-0.25, -0.2) is 4.79 Å². The Balaban J connectivity index is 2.00. The highest BCUT2D eigenvalue weighted by Crippen LogP contribution is 2.37. The zero-order chi connectivity index (χ0) is 22.8. The summed E-state index contributed by atoms with van der Waals surface area (Å²) < 4.78 is 36.5. The van der Waals surface area contributed by atoms with Crippen molar-refractivity contribution in [3.8, 4) is 11.5 Å². The van der Waals surface area contributed by atoms with Crippen molar-refractivity contribution in [2.75, 3.05) is 6.61 Å². The zero-order valence-electron chi connectivity index (χ0n) is 15.8. The van der Waals surface area contributed by atoms with Crippen LogP contribution < -0.4 is 19.6 Å². The Morgan fingerprint density at radius 1 is 1.06 bits per heavy atom.